The minimum atomic E-state index is -0.768. The van der Waals surface area contributed by atoms with Crippen molar-refractivity contribution in [1.29, 1.82) is 5.26 Å². The number of halogens is 1. The van der Waals surface area contributed by atoms with Gasteiger partial charge in [0, 0.05) is 5.02 Å². The molecule has 0 saturated heterocycles. The minimum absolute atomic E-state index is 0.160. The number of amides is 1. The number of nitrogens with one attached hydrogen (secondary N) is 1. The third-order valence-corrected chi connectivity index (χ3v) is 3.99. The molecule has 0 spiro atoms. The van der Waals surface area contributed by atoms with E-state index in [1.54, 1.807) is 32.2 Å². The normalized spacial score (nSPS) is 16.9. The Kier molecular flexibility index (Phi) is 4.20. The molecule has 1 aliphatic rings. The molecule has 106 valence electrons. The molecule has 1 N–H and O–H groups in total. The summed E-state index contributed by atoms with van der Waals surface area (Å²) in [5.41, 5.74) is -0.0446. The zero-order valence-electron chi connectivity index (χ0n) is 11.6. The van der Waals surface area contributed by atoms with Crippen LogP contribution in [0.2, 0.25) is 5.02 Å². The van der Waals surface area contributed by atoms with Crippen molar-refractivity contribution in [2.45, 2.75) is 31.7 Å². The van der Waals surface area contributed by atoms with E-state index in [1.165, 1.54) is 0 Å². The van der Waals surface area contributed by atoms with Crippen molar-refractivity contribution in [2.75, 3.05) is 7.11 Å². The molecule has 20 heavy (non-hydrogen) atoms. The minimum Gasteiger partial charge on any atom is -0.497 e. The fourth-order valence-corrected chi connectivity index (χ4v) is 2.42. The summed E-state index contributed by atoms with van der Waals surface area (Å²) in [6.07, 6.45) is 2.15. The highest BCUT2D eigenvalue weighted by molar-refractivity contribution is 6.31. The molecule has 1 amide bonds. The van der Waals surface area contributed by atoms with Gasteiger partial charge in [-0.15, -0.1) is 0 Å². The molecule has 1 aromatic carbocycles. The first-order valence-corrected chi connectivity index (χ1v) is 6.91. The Balaban J connectivity index is 2.03. The van der Waals surface area contributed by atoms with Gasteiger partial charge in [-0.2, -0.15) is 5.26 Å². The van der Waals surface area contributed by atoms with Gasteiger partial charge >= 0.3 is 0 Å². The second-order valence-electron chi connectivity index (χ2n) is 5.27. The third kappa shape index (κ3) is 3.23. The molecule has 0 aromatic heterocycles. The second-order valence-corrected chi connectivity index (χ2v) is 5.68. The van der Waals surface area contributed by atoms with Crippen LogP contribution < -0.4 is 10.1 Å². The number of nitrogens with zero attached hydrogens (tertiary/aromatic N) is 1. The summed E-state index contributed by atoms with van der Waals surface area (Å²) in [5, 5.41) is 12.5. The predicted molar refractivity (Wildman–Crippen MR) is 76.6 cm³/mol. The number of rotatable bonds is 5. The van der Waals surface area contributed by atoms with E-state index in [1.807, 2.05) is 0 Å². The van der Waals surface area contributed by atoms with E-state index >= 15 is 0 Å². The van der Waals surface area contributed by atoms with Crippen LogP contribution in [-0.4, -0.2) is 18.6 Å². The predicted octanol–water partition coefficient (Wildman–Crippen LogP) is 2.70. The van der Waals surface area contributed by atoms with E-state index in [0.29, 0.717) is 10.8 Å². The number of hydrogen-bond acceptors (Lipinski definition) is 3. The largest absolute Gasteiger partial charge is 0.497 e. The first-order valence-electron chi connectivity index (χ1n) is 6.53. The molecule has 0 bridgehead atoms. The summed E-state index contributed by atoms with van der Waals surface area (Å²) in [5.74, 6) is 0.731. The highest BCUT2D eigenvalue weighted by Crippen LogP contribution is 2.39. The number of ether oxygens (including phenoxy) is 1. The fraction of sp³-hybridized carbons (Fsp3) is 0.467. The van der Waals surface area contributed by atoms with Crippen molar-refractivity contribution in [3.63, 3.8) is 0 Å². The van der Waals surface area contributed by atoms with Crippen LogP contribution in [0.15, 0.2) is 18.2 Å². The van der Waals surface area contributed by atoms with E-state index in [4.69, 9.17) is 16.3 Å². The lowest BCUT2D eigenvalue weighted by Crippen LogP contribution is -2.47. The van der Waals surface area contributed by atoms with Crippen molar-refractivity contribution in [3.05, 3.63) is 28.8 Å². The SMILES string of the molecule is COc1ccc(CC(=O)N[C@](C)(C#N)C2CC2)c(Cl)c1. The number of nitriles is 1. The molecule has 2 rings (SSSR count). The van der Waals surface area contributed by atoms with Crippen molar-refractivity contribution in [2.24, 2.45) is 5.92 Å². The lowest BCUT2D eigenvalue weighted by atomic mass is 9.97. The first kappa shape index (κ1) is 14.7. The van der Waals surface area contributed by atoms with Crippen LogP contribution in [0.3, 0.4) is 0 Å². The van der Waals surface area contributed by atoms with Gasteiger partial charge in [-0.25, -0.2) is 0 Å². The molecule has 1 aliphatic carbocycles. The Morgan fingerprint density at radius 3 is 2.80 bits per heavy atom. The van der Waals surface area contributed by atoms with E-state index < -0.39 is 5.54 Å². The van der Waals surface area contributed by atoms with E-state index in [9.17, 15) is 10.1 Å². The second kappa shape index (κ2) is 5.72. The highest BCUT2D eigenvalue weighted by atomic mass is 35.5. The van der Waals surface area contributed by atoms with E-state index in [2.05, 4.69) is 11.4 Å². The van der Waals surface area contributed by atoms with Crippen LogP contribution in [0, 0.1) is 17.2 Å². The molecule has 0 radical (unpaired) electrons. The highest BCUT2D eigenvalue weighted by Gasteiger charge is 2.42. The number of methoxy groups -OCH3 is 1. The maximum Gasteiger partial charge on any atom is 0.225 e. The van der Waals surface area contributed by atoms with Crippen molar-refractivity contribution < 1.29 is 9.53 Å². The number of hydrogen-bond donors (Lipinski definition) is 1. The van der Waals surface area contributed by atoms with Crippen LogP contribution in [0.25, 0.3) is 0 Å². The fourth-order valence-electron chi connectivity index (χ4n) is 2.19. The third-order valence-electron chi connectivity index (χ3n) is 3.64. The van der Waals surface area contributed by atoms with Gasteiger partial charge in [0.2, 0.25) is 5.91 Å². The molecule has 0 heterocycles. The molecule has 1 fully saturated rings. The molecule has 1 aromatic rings. The quantitative estimate of drug-likeness (QED) is 0.907. The Morgan fingerprint density at radius 2 is 2.30 bits per heavy atom. The van der Waals surface area contributed by atoms with Crippen molar-refractivity contribution >= 4 is 17.5 Å². The molecule has 5 heteroatoms. The van der Waals surface area contributed by atoms with Crippen LogP contribution in [0.5, 0.6) is 5.75 Å². The molecular formula is C15H17ClN2O2. The summed E-state index contributed by atoms with van der Waals surface area (Å²) >= 11 is 6.11. The molecule has 0 aliphatic heterocycles. The van der Waals surface area contributed by atoms with Gasteiger partial charge in [0.05, 0.1) is 19.6 Å². The van der Waals surface area contributed by atoms with Crippen LogP contribution in [0.1, 0.15) is 25.3 Å². The maximum atomic E-state index is 12.1. The van der Waals surface area contributed by atoms with E-state index in [0.717, 1.165) is 18.4 Å². The van der Waals surface area contributed by atoms with Crippen molar-refractivity contribution in [1.82, 2.24) is 5.32 Å². The number of benzene rings is 1. The summed E-state index contributed by atoms with van der Waals surface area (Å²) < 4.78 is 5.06. The topological polar surface area (TPSA) is 62.1 Å². The Hall–Kier alpha value is -1.73. The molecule has 0 unspecified atom stereocenters. The van der Waals surface area contributed by atoms with E-state index in [-0.39, 0.29) is 18.2 Å². The zero-order valence-corrected chi connectivity index (χ0v) is 12.3. The standard InChI is InChI=1S/C15H17ClN2O2/c1-15(9-17,11-4-5-11)18-14(19)7-10-3-6-12(20-2)8-13(10)16/h3,6,8,11H,4-5,7H2,1-2H3,(H,18,19)/t15-/m1/s1. The molecule has 4 nitrogen and oxygen atoms in total. The number of carbonyl (C=O) groups excluding carboxylic acids is 1. The summed E-state index contributed by atoms with van der Waals surface area (Å²) in [7, 11) is 1.56. The molecular weight excluding hydrogens is 276 g/mol. The summed E-state index contributed by atoms with van der Waals surface area (Å²) in [6.45, 7) is 1.78. The summed E-state index contributed by atoms with van der Waals surface area (Å²) in [6, 6.07) is 7.41. The smallest absolute Gasteiger partial charge is 0.225 e. The van der Waals surface area contributed by atoms with Gasteiger partial charge in [0.15, 0.2) is 0 Å². The lowest BCUT2D eigenvalue weighted by molar-refractivity contribution is -0.121. The Labute approximate surface area is 123 Å². The maximum absolute atomic E-state index is 12.1. The first-order chi connectivity index (χ1) is 9.48. The van der Waals surface area contributed by atoms with Crippen molar-refractivity contribution in [3.8, 4) is 11.8 Å². The molecule has 1 saturated carbocycles. The Bertz CT molecular complexity index is 563. The van der Waals surface area contributed by atoms with Gasteiger partial charge in [-0.1, -0.05) is 17.7 Å². The van der Waals surface area contributed by atoms with Gasteiger partial charge in [-0.05, 0) is 43.4 Å². The zero-order chi connectivity index (χ0) is 14.8. The van der Waals surface area contributed by atoms with Crippen LogP contribution in [-0.2, 0) is 11.2 Å². The van der Waals surface area contributed by atoms with Gasteiger partial charge in [-0.3, -0.25) is 4.79 Å². The van der Waals surface area contributed by atoms with Gasteiger partial charge in [0.25, 0.3) is 0 Å². The van der Waals surface area contributed by atoms with Crippen LogP contribution in [0.4, 0.5) is 0 Å². The van der Waals surface area contributed by atoms with Gasteiger partial charge < -0.3 is 10.1 Å². The average Bonchev–Trinajstić information content (AvgIpc) is 3.25. The summed E-state index contributed by atoms with van der Waals surface area (Å²) in [4.78, 5) is 12.1. The monoisotopic (exact) mass is 292 g/mol. The van der Waals surface area contributed by atoms with Crippen LogP contribution >= 0.6 is 11.6 Å². The number of carbonyl (C=O) groups is 1. The van der Waals surface area contributed by atoms with Gasteiger partial charge in [0.1, 0.15) is 11.3 Å². The Morgan fingerprint density at radius 1 is 1.60 bits per heavy atom. The molecule has 1 atom stereocenters. The average molecular weight is 293 g/mol. The lowest BCUT2D eigenvalue weighted by Gasteiger charge is -2.23.